The molecule has 2 aliphatic rings. The molecule has 1 unspecified atom stereocenters. The van der Waals surface area contributed by atoms with E-state index in [1.165, 1.54) is 0 Å². The first-order valence-electron chi connectivity index (χ1n) is 6.18. The second-order valence-electron chi connectivity index (χ2n) is 5.43. The van der Waals surface area contributed by atoms with Gasteiger partial charge in [-0.3, -0.25) is 4.90 Å². The molecule has 94 valence electrons. The minimum absolute atomic E-state index is 0.0780. The molecule has 0 aromatic heterocycles. The van der Waals surface area contributed by atoms with E-state index in [-0.39, 0.29) is 11.6 Å². The lowest BCUT2D eigenvalue weighted by Crippen LogP contribution is -2.43. The molecule has 0 aromatic rings. The number of alkyl halides is 2. The molecule has 16 heavy (non-hydrogen) atoms. The molecule has 2 rings (SSSR count). The summed E-state index contributed by atoms with van der Waals surface area (Å²) in [4.78, 5) is 2.23. The number of fused-ring (bicyclic) bond motifs is 1. The Labute approximate surface area is 95.9 Å². The number of rotatable bonds is 4. The standard InChI is InChI=1S/C12H21F2NO/c1-9(2)16-8-12-4-3-5-15(12)7-10(6-12)11(13)14/h9-11H,3-8H2,1-2H3/t10-,12?/m0/s1. The molecule has 0 radical (unpaired) electrons. The van der Waals surface area contributed by atoms with Gasteiger partial charge in [-0.2, -0.15) is 0 Å². The van der Waals surface area contributed by atoms with Crippen LogP contribution in [0.4, 0.5) is 8.78 Å². The maximum Gasteiger partial charge on any atom is 0.242 e. The van der Waals surface area contributed by atoms with Crippen LogP contribution < -0.4 is 0 Å². The molecule has 2 nitrogen and oxygen atoms in total. The van der Waals surface area contributed by atoms with E-state index in [0.717, 1.165) is 19.4 Å². The topological polar surface area (TPSA) is 12.5 Å². The van der Waals surface area contributed by atoms with Crippen molar-refractivity contribution in [3.63, 3.8) is 0 Å². The zero-order chi connectivity index (χ0) is 11.8. The van der Waals surface area contributed by atoms with E-state index in [0.29, 0.717) is 19.6 Å². The van der Waals surface area contributed by atoms with Crippen molar-refractivity contribution < 1.29 is 13.5 Å². The fourth-order valence-corrected chi connectivity index (χ4v) is 3.06. The summed E-state index contributed by atoms with van der Waals surface area (Å²) >= 11 is 0. The number of ether oxygens (including phenoxy) is 1. The van der Waals surface area contributed by atoms with Gasteiger partial charge in [0.15, 0.2) is 0 Å². The first kappa shape index (κ1) is 12.2. The summed E-state index contributed by atoms with van der Waals surface area (Å²) in [6.07, 6.45) is 0.751. The number of hydrogen-bond donors (Lipinski definition) is 0. The third-order valence-corrected chi connectivity index (χ3v) is 3.88. The molecule has 2 saturated heterocycles. The van der Waals surface area contributed by atoms with Crippen LogP contribution in [-0.4, -0.2) is 42.7 Å². The molecule has 2 atom stereocenters. The Morgan fingerprint density at radius 1 is 1.44 bits per heavy atom. The minimum Gasteiger partial charge on any atom is -0.377 e. The van der Waals surface area contributed by atoms with Crippen LogP contribution in [0.2, 0.25) is 0 Å². The molecule has 2 aliphatic heterocycles. The van der Waals surface area contributed by atoms with Crippen molar-refractivity contribution in [3.05, 3.63) is 0 Å². The Bertz CT molecular complexity index is 247. The summed E-state index contributed by atoms with van der Waals surface area (Å²) in [5, 5.41) is 0. The molecular weight excluding hydrogens is 212 g/mol. The molecule has 0 bridgehead atoms. The lowest BCUT2D eigenvalue weighted by Gasteiger charge is -2.32. The van der Waals surface area contributed by atoms with E-state index in [2.05, 4.69) is 4.90 Å². The van der Waals surface area contributed by atoms with Gasteiger partial charge < -0.3 is 4.74 Å². The smallest absolute Gasteiger partial charge is 0.242 e. The quantitative estimate of drug-likeness (QED) is 0.740. The van der Waals surface area contributed by atoms with E-state index >= 15 is 0 Å². The van der Waals surface area contributed by atoms with Gasteiger partial charge >= 0.3 is 0 Å². The highest BCUT2D eigenvalue weighted by molar-refractivity contribution is 5.03. The van der Waals surface area contributed by atoms with Crippen LogP contribution in [0.25, 0.3) is 0 Å². The van der Waals surface area contributed by atoms with Crippen LogP contribution in [-0.2, 0) is 4.74 Å². The highest BCUT2D eigenvalue weighted by Gasteiger charge is 2.50. The first-order valence-corrected chi connectivity index (χ1v) is 6.18. The van der Waals surface area contributed by atoms with Crippen molar-refractivity contribution in [2.75, 3.05) is 19.7 Å². The van der Waals surface area contributed by atoms with E-state index < -0.39 is 12.3 Å². The van der Waals surface area contributed by atoms with Crippen molar-refractivity contribution in [1.82, 2.24) is 4.90 Å². The Hall–Kier alpha value is -0.220. The van der Waals surface area contributed by atoms with Crippen LogP contribution >= 0.6 is 0 Å². The average Bonchev–Trinajstić information content (AvgIpc) is 2.70. The summed E-state index contributed by atoms with van der Waals surface area (Å²) in [5.41, 5.74) is -0.0780. The normalized spacial score (nSPS) is 35.2. The molecule has 2 heterocycles. The summed E-state index contributed by atoms with van der Waals surface area (Å²) in [5.74, 6) is -0.448. The summed E-state index contributed by atoms with van der Waals surface area (Å²) < 4.78 is 31.2. The van der Waals surface area contributed by atoms with Gasteiger partial charge in [0.25, 0.3) is 0 Å². The van der Waals surface area contributed by atoms with Gasteiger partial charge in [-0.05, 0) is 39.7 Å². The summed E-state index contributed by atoms with van der Waals surface area (Å²) in [6.45, 7) is 6.13. The Kier molecular flexibility index (Phi) is 3.50. The van der Waals surface area contributed by atoms with Crippen LogP contribution in [0.3, 0.4) is 0 Å². The van der Waals surface area contributed by atoms with Gasteiger partial charge in [0.05, 0.1) is 12.7 Å². The number of halogens is 2. The summed E-state index contributed by atoms with van der Waals surface area (Å²) in [7, 11) is 0. The van der Waals surface area contributed by atoms with Crippen molar-refractivity contribution >= 4 is 0 Å². The van der Waals surface area contributed by atoms with Crippen LogP contribution in [0.5, 0.6) is 0 Å². The molecule has 0 N–H and O–H groups in total. The predicted octanol–water partition coefficient (Wildman–Crippen LogP) is 2.53. The van der Waals surface area contributed by atoms with E-state index in [9.17, 15) is 8.78 Å². The molecule has 0 amide bonds. The van der Waals surface area contributed by atoms with Gasteiger partial charge in [0, 0.05) is 18.0 Å². The highest BCUT2D eigenvalue weighted by Crippen LogP contribution is 2.43. The van der Waals surface area contributed by atoms with Crippen molar-refractivity contribution in [2.24, 2.45) is 5.92 Å². The zero-order valence-electron chi connectivity index (χ0n) is 10.1. The van der Waals surface area contributed by atoms with E-state index in [4.69, 9.17) is 4.74 Å². The van der Waals surface area contributed by atoms with Crippen LogP contribution in [0, 0.1) is 5.92 Å². The van der Waals surface area contributed by atoms with Crippen molar-refractivity contribution in [3.8, 4) is 0 Å². The second-order valence-corrected chi connectivity index (χ2v) is 5.43. The highest BCUT2D eigenvalue weighted by atomic mass is 19.3. The lowest BCUT2D eigenvalue weighted by molar-refractivity contribution is 0.00193. The first-order chi connectivity index (χ1) is 7.53. The Morgan fingerprint density at radius 2 is 2.19 bits per heavy atom. The molecule has 0 saturated carbocycles. The molecule has 2 fully saturated rings. The lowest BCUT2D eigenvalue weighted by atomic mass is 9.91. The molecular formula is C12H21F2NO. The molecule has 4 heteroatoms. The van der Waals surface area contributed by atoms with Gasteiger partial charge in [0.2, 0.25) is 6.43 Å². The minimum atomic E-state index is -2.18. The van der Waals surface area contributed by atoms with Crippen molar-refractivity contribution in [1.29, 1.82) is 0 Å². The maximum absolute atomic E-state index is 12.7. The summed E-state index contributed by atoms with van der Waals surface area (Å²) in [6, 6.07) is 0. The second kappa shape index (κ2) is 4.57. The van der Waals surface area contributed by atoms with Gasteiger partial charge in [-0.1, -0.05) is 0 Å². The van der Waals surface area contributed by atoms with Crippen molar-refractivity contribution in [2.45, 2.75) is 51.2 Å². The maximum atomic E-state index is 12.7. The number of hydrogen-bond acceptors (Lipinski definition) is 2. The number of nitrogens with zero attached hydrogens (tertiary/aromatic N) is 1. The van der Waals surface area contributed by atoms with Gasteiger partial charge in [0.1, 0.15) is 0 Å². The Morgan fingerprint density at radius 3 is 2.81 bits per heavy atom. The fourth-order valence-electron chi connectivity index (χ4n) is 3.06. The third kappa shape index (κ3) is 2.23. The van der Waals surface area contributed by atoms with E-state index in [1.54, 1.807) is 0 Å². The van der Waals surface area contributed by atoms with Crippen LogP contribution in [0.1, 0.15) is 33.1 Å². The van der Waals surface area contributed by atoms with E-state index in [1.807, 2.05) is 13.8 Å². The third-order valence-electron chi connectivity index (χ3n) is 3.88. The van der Waals surface area contributed by atoms with Gasteiger partial charge in [-0.15, -0.1) is 0 Å². The SMILES string of the molecule is CC(C)OCC12CCCN1C[C@@H](C(F)F)C2. The molecule has 0 aromatic carbocycles. The molecule has 0 spiro atoms. The van der Waals surface area contributed by atoms with Gasteiger partial charge in [-0.25, -0.2) is 8.78 Å². The fraction of sp³-hybridized carbons (Fsp3) is 1.00. The monoisotopic (exact) mass is 233 g/mol. The Balaban J connectivity index is 2.00. The zero-order valence-corrected chi connectivity index (χ0v) is 10.1. The predicted molar refractivity (Wildman–Crippen MR) is 58.7 cm³/mol. The largest absolute Gasteiger partial charge is 0.377 e. The van der Waals surface area contributed by atoms with Crippen LogP contribution in [0.15, 0.2) is 0 Å². The molecule has 0 aliphatic carbocycles. The average molecular weight is 233 g/mol.